The number of aryl methyl sites for hydroxylation is 1. The van der Waals surface area contributed by atoms with Crippen molar-refractivity contribution in [2.24, 2.45) is 0 Å². The third kappa shape index (κ3) is 3.41. The summed E-state index contributed by atoms with van der Waals surface area (Å²) in [6.45, 7) is 5.56. The number of rotatable bonds is 6. The molecule has 1 fully saturated rings. The van der Waals surface area contributed by atoms with Crippen molar-refractivity contribution in [1.82, 2.24) is 10.2 Å². The van der Waals surface area contributed by atoms with E-state index < -0.39 is 0 Å². The van der Waals surface area contributed by atoms with E-state index in [1.165, 1.54) is 0 Å². The van der Waals surface area contributed by atoms with Crippen molar-refractivity contribution in [3.05, 3.63) is 35.6 Å². The standard InChI is InChI=1S/C18H24N2O3/c1-3-14-15-6-4-5-7-16(15)23-17(14)18(21)19-13-8-9-20(12-13)10-11-22-2/h4-7,13H,3,8-12H2,1-2H3,(H,19,21). The quantitative estimate of drug-likeness (QED) is 0.889. The molecule has 0 radical (unpaired) electrons. The Morgan fingerprint density at radius 3 is 3.04 bits per heavy atom. The van der Waals surface area contributed by atoms with Crippen LogP contribution in [0.15, 0.2) is 28.7 Å². The van der Waals surface area contributed by atoms with Crippen LogP contribution in [-0.2, 0) is 11.2 Å². The van der Waals surface area contributed by atoms with E-state index in [1.54, 1.807) is 7.11 Å². The number of hydrogen-bond acceptors (Lipinski definition) is 4. The fraction of sp³-hybridized carbons (Fsp3) is 0.500. The minimum atomic E-state index is -0.100. The van der Waals surface area contributed by atoms with Crippen LogP contribution in [0.25, 0.3) is 11.0 Å². The second-order valence-corrected chi connectivity index (χ2v) is 6.01. The van der Waals surface area contributed by atoms with Crippen molar-refractivity contribution >= 4 is 16.9 Å². The largest absolute Gasteiger partial charge is 0.451 e. The summed E-state index contributed by atoms with van der Waals surface area (Å²) in [5, 5.41) is 4.16. The lowest BCUT2D eigenvalue weighted by Gasteiger charge is -2.15. The predicted octanol–water partition coefficient (Wildman–Crippen LogP) is 2.45. The Bertz CT molecular complexity index is 680. The van der Waals surface area contributed by atoms with Crippen LogP contribution in [0.5, 0.6) is 0 Å². The Hall–Kier alpha value is -1.85. The Balaban J connectivity index is 1.69. The first-order chi connectivity index (χ1) is 11.2. The smallest absolute Gasteiger partial charge is 0.287 e. The Kier molecular flexibility index (Phi) is 4.98. The summed E-state index contributed by atoms with van der Waals surface area (Å²) in [6, 6.07) is 8.00. The number of likely N-dealkylation sites (tertiary alicyclic amines) is 1. The SMILES string of the molecule is CCc1c(C(=O)NC2CCN(CCOC)C2)oc2ccccc12. The topological polar surface area (TPSA) is 54.7 Å². The molecular weight excluding hydrogens is 292 g/mol. The lowest BCUT2D eigenvalue weighted by molar-refractivity contribution is 0.0909. The van der Waals surface area contributed by atoms with Gasteiger partial charge in [-0.1, -0.05) is 25.1 Å². The van der Waals surface area contributed by atoms with Gasteiger partial charge in [0.25, 0.3) is 5.91 Å². The molecule has 1 unspecified atom stereocenters. The van der Waals surface area contributed by atoms with E-state index in [2.05, 4.69) is 17.1 Å². The average molecular weight is 316 g/mol. The third-order valence-corrected chi connectivity index (χ3v) is 4.48. The van der Waals surface area contributed by atoms with Crippen LogP contribution in [0.3, 0.4) is 0 Å². The molecule has 0 saturated carbocycles. The fourth-order valence-corrected chi connectivity index (χ4v) is 3.26. The Labute approximate surface area is 136 Å². The van der Waals surface area contributed by atoms with Gasteiger partial charge in [0.15, 0.2) is 5.76 Å². The zero-order valence-corrected chi connectivity index (χ0v) is 13.8. The van der Waals surface area contributed by atoms with Crippen LogP contribution in [0.1, 0.15) is 29.5 Å². The average Bonchev–Trinajstić information content (AvgIpc) is 3.16. The molecule has 1 atom stereocenters. The summed E-state index contributed by atoms with van der Waals surface area (Å²) in [7, 11) is 1.71. The van der Waals surface area contributed by atoms with Crippen molar-refractivity contribution < 1.29 is 13.9 Å². The monoisotopic (exact) mass is 316 g/mol. The Morgan fingerprint density at radius 1 is 1.43 bits per heavy atom. The molecule has 0 aliphatic carbocycles. The van der Waals surface area contributed by atoms with E-state index >= 15 is 0 Å². The van der Waals surface area contributed by atoms with Crippen LogP contribution >= 0.6 is 0 Å². The van der Waals surface area contributed by atoms with Gasteiger partial charge < -0.3 is 14.5 Å². The fourth-order valence-electron chi connectivity index (χ4n) is 3.26. The number of ether oxygens (including phenoxy) is 1. The molecule has 1 aromatic heterocycles. The lowest BCUT2D eigenvalue weighted by Crippen LogP contribution is -2.37. The van der Waals surface area contributed by atoms with Crippen LogP contribution in [0, 0.1) is 0 Å². The summed E-state index contributed by atoms with van der Waals surface area (Å²) in [4.78, 5) is 14.9. The number of carbonyl (C=O) groups is 1. The molecule has 2 heterocycles. The summed E-state index contributed by atoms with van der Waals surface area (Å²) in [6.07, 6.45) is 1.75. The summed E-state index contributed by atoms with van der Waals surface area (Å²) in [5.74, 6) is 0.362. The molecule has 0 spiro atoms. The van der Waals surface area contributed by atoms with E-state index in [4.69, 9.17) is 9.15 Å². The number of methoxy groups -OCH3 is 1. The lowest BCUT2D eigenvalue weighted by atomic mass is 10.1. The summed E-state index contributed by atoms with van der Waals surface area (Å²) < 4.78 is 10.9. The highest BCUT2D eigenvalue weighted by molar-refractivity contribution is 5.99. The highest BCUT2D eigenvalue weighted by atomic mass is 16.5. The van der Waals surface area contributed by atoms with Crippen LogP contribution < -0.4 is 5.32 Å². The van der Waals surface area contributed by atoms with Gasteiger partial charge in [0.2, 0.25) is 0 Å². The van der Waals surface area contributed by atoms with Gasteiger partial charge in [-0.15, -0.1) is 0 Å². The third-order valence-electron chi connectivity index (χ3n) is 4.48. The van der Waals surface area contributed by atoms with Crippen LogP contribution in [0.4, 0.5) is 0 Å². The number of nitrogens with one attached hydrogen (secondary N) is 1. The molecule has 1 aliphatic rings. The van der Waals surface area contributed by atoms with Crippen molar-refractivity contribution in [2.45, 2.75) is 25.8 Å². The number of hydrogen-bond donors (Lipinski definition) is 1. The van der Waals surface area contributed by atoms with Crippen LogP contribution in [0.2, 0.25) is 0 Å². The second-order valence-electron chi connectivity index (χ2n) is 6.01. The highest BCUT2D eigenvalue weighted by Gasteiger charge is 2.26. The first kappa shape index (κ1) is 16.0. The van der Waals surface area contributed by atoms with Gasteiger partial charge in [0, 0.05) is 43.7 Å². The summed E-state index contributed by atoms with van der Waals surface area (Å²) in [5.41, 5.74) is 1.77. The number of benzene rings is 1. The van der Waals surface area contributed by atoms with Crippen molar-refractivity contribution in [3.8, 4) is 0 Å². The molecule has 2 aromatic rings. The van der Waals surface area contributed by atoms with Gasteiger partial charge in [-0.3, -0.25) is 9.69 Å². The number of amides is 1. The maximum Gasteiger partial charge on any atom is 0.287 e. The maximum absolute atomic E-state index is 12.6. The van der Waals surface area contributed by atoms with E-state index in [0.717, 1.165) is 55.6 Å². The van der Waals surface area contributed by atoms with Gasteiger partial charge in [-0.05, 0) is 18.9 Å². The van der Waals surface area contributed by atoms with Gasteiger partial charge >= 0.3 is 0 Å². The van der Waals surface area contributed by atoms with Crippen LogP contribution in [-0.4, -0.2) is 50.2 Å². The Morgan fingerprint density at radius 2 is 2.26 bits per heavy atom. The summed E-state index contributed by atoms with van der Waals surface area (Å²) >= 11 is 0. The highest BCUT2D eigenvalue weighted by Crippen LogP contribution is 2.26. The molecule has 23 heavy (non-hydrogen) atoms. The molecule has 1 amide bonds. The van der Waals surface area contributed by atoms with Crippen molar-refractivity contribution in [3.63, 3.8) is 0 Å². The maximum atomic E-state index is 12.6. The molecule has 124 valence electrons. The zero-order chi connectivity index (χ0) is 16.2. The number of carbonyl (C=O) groups excluding carboxylic acids is 1. The first-order valence-electron chi connectivity index (χ1n) is 8.25. The minimum absolute atomic E-state index is 0.100. The molecule has 1 aliphatic heterocycles. The first-order valence-corrected chi connectivity index (χ1v) is 8.25. The van der Waals surface area contributed by atoms with E-state index in [9.17, 15) is 4.79 Å². The normalized spacial score (nSPS) is 18.6. The van der Waals surface area contributed by atoms with Gasteiger partial charge in [0.1, 0.15) is 5.58 Å². The van der Waals surface area contributed by atoms with E-state index in [0.29, 0.717) is 5.76 Å². The van der Waals surface area contributed by atoms with Gasteiger partial charge in [-0.2, -0.15) is 0 Å². The molecule has 1 N–H and O–H groups in total. The molecule has 3 rings (SSSR count). The number of nitrogens with zero attached hydrogens (tertiary/aromatic N) is 1. The number of para-hydroxylation sites is 1. The molecular formula is C18H24N2O3. The van der Waals surface area contributed by atoms with E-state index in [-0.39, 0.29) is 11.9 Å². The molecule has 0 bridgehead atoms. The molecule has 5 heteroatoms. The molecule has 1 saturated heterocycles. The van der Waals surface area contributed by atoms with E-state index in [1.807, 2.05) is 24.3 Å². The number of furan rings is 1. The van der Waals surface area contributed by atoms with Gasteiger partial charge in [0.05, 0.1) is 6.61 Å². The van der Waals surface area contributed by atoms with Gasteiger partial charge in [-0.25, -0.2) is 0 Å². The minimum Gasteiger partial charge on any atom is -0.451 e. The zero-order valence-electron chi connectivity index (χ0n) is 13.8. The number of fused-ring (bicyclic) bond motifs is 1. The second kappa shape index (κ2) is 7.15. The van der Waals surface area contributed by atoms with Crippen molar-refractivity contribution in [2.75, 3.05) is 33.4 Å². The predicted molar refractivity (Wildman–Crippen MR) is 89.8 cm³/mol. The molecule has 1 aromatic carbocycles. The molecule has 5 nitrogen and oxygen atoms in total. The van der Waals surface area contributed by atoms with Crippen molar-refractivity contribution in [1.29, 1.82) is 0 Å².